The van der Waals surface area contributed by atoms with Gasteiger partial charge in [-0.05, 0) is 46.2 Å². The summed E-state index contributed by atoms with van der Waals surface area (Å²) in [5, 5.41) is 7.41. The molecule has 0 aliphatic rings. The molecule has 0 amide bonds. The number of hydrogen-bond acceptors (Lipinski definition) is 6. The number of aryl methyl sites for hydroxylation is 3. The number of anilines is 1. The molecule has 3 heterocycles. The maximum atomic E-state index is 5.21. The standard InChI is InChI=1S/C18H21N5O/c1-11-12(2)21-18(15-6-5-8-19-10-15)22-17(11)20-9-7-16-13(3)23-24-14(16)4/h5-6,8,10H,7,9H2,1-4H3,(H,20,21,22). The molecule has 24 heavy (non-hydrogen) atoms. The second kappa shape index (κ2) is 6.78. The molecule has 124 valence electrons. The van der Waals surface area contributed by atoms with Crippen molar-refractivity contribution in [3.8, 4) is 11.4 Å². The molecule has 3 aromatic heterocycles. The molecule has 0 fully saturated rings. The quantitative estimate of drug-likeness (QED) is 0.775. The van der Waals surface area contributed by atoms with Crippen LogP contribution in [0.4, 0.5) is 5.82 Å². The van der Waals surface area contributed by atoms with Gasteiger partial charge in [-0.2, -0.15) is 0 Å². The molecule has 0 unspecified atom stereocenters. The summed E-state index contributed by atoms with van der Waals surface area (Å²) >= 11 is 0. The molecule has 0 saturated heterocycles. The smallest absolute Gasteiger partial charge is 0.163 e. The van der Waals surface area contributed by atoms with Gasteiger partial charge in [0.1, 0.15) is 11.6 Å². The summed E-state index contributed by atoms with van der Waals surface area (Å²) in [6, 6.07) is 3.85. The van der Waals surface area contributed by atoms with E-state index in [4.69, 9.17) is 4.52 Å². The van der Waals surface area contributed by atoms with Crippen molar-refractivity contribution in [3.05, 3.63) is 52.8 Å². The molecular weight excluding hydrogens is 302 g/mol. The molecule has 3 aromatic rings. The van der Waals surface area contributed by atoms with Gasteiger partial charge in [0.2, 0.25) is 0 Å². The number of nitrogens with zero attached hydrogens (tertiary/aromatic N) is 4. The van der Waals surface area contributed by atoms with Gasteiger partial charge < -0.3 is 9.84 Å². The lowest BCUT2D eigenvalue weighted by Gasteiger charge is -2.12. The van der Waals surface area contributed by atoms with Crippen LogP contribution in [-0.2, 0) is 6.42 Å². The Hall–Kier alpha value is -2.76. The molecule has 1 N–H and O–H groups in total. The number of nitrogens with one attached hydrogen (secondary N) is 1. The Morgan fingerprint density at radius 2 is 1.92 bits per heavy atom. The van der Waals surface area contributed by atoms with Crippen molar-refractivity contribution in [2.75, 3.05) is 11.9 Å². The first-order valence-electron chi connectivity index (χ1n) is 7.97. The number of hydrogen-bond donors (Lipinski definition) is 1. The van der Waals surface area contributed by atoms with Gasteiger partial charge in [-0.1, -0.05) is 5.16 Å². The maximum Gasteiger partial charge on any atom is 0.163 e. The molecule has 6 nitrogen and oxygen atoms in total. The minimum absolute atomic E-state index is 0.686. The first kappa shape index (κ1) is 16.1. The lowest BCUT2D eigenvalue weighted by atomic mass is 10.1. The van der Waals surface area contributed by atoms with Gasteiger partial charge in [-0.15, -0.1) is 0 Å². The van der Waals surface area contributed by atoms with Crippen molar-refractivity contribution in [1.29, 1.82) is 0 Å². The topological polar surface area (TPSA) is 76.7 Å². The lowest BCUT2D eigenvalue weighted by Crippen LogP contribution is -2.10. The summed E-state index contributed by atoms with van der Waals surface area (Å²) in [7, 11) is 0. The summed E-state index contributed by atoms with van der Waals surface area (Å²) in [5.74, 6) is 2.42. The van der Waals surface area contributed by atoms with Crippen molar-refractivity contribution in [2.24, 2.45) is 0 Å². The molecule has 0 aromatic carbocycles. The van der Waals surface area contributed by atoms with Crippen LogP contribution in [-0.4, -0.2) is 26.7 Å². The summed E-state index contributed by atoms with van der Waals surface area (Å²) < 4.78 is 5.21. The number of aromatic nitrogens is 4. The van der Waals surface area contributed by atoms with Gasteiger partial charge in [0.25, 0.3) is 0 Å². The van der Waals surface area contributed by atoms with E-state index < -0.39 is 0 Å². The normalized spacial score (nSPS) is 10.8. The van der Waals surface area contributed by atoms with E-state index >= 15 is 0 Å². The van der Waals surface area contributed by atoms with Gasteiger partial charge >= 0.3 is 0 Å². The van der Waals surface area contributed by atoms with Crippen LogP contribution in [0.2, 0.25) is 0 Å². The third-order valence-electron chi connectivity index (χ3n) is 4.16. The highest BCUT2D eigenvalue weighted by Gasteiger charge is 2.11. The lowest BCUT2D eigenvalue weighted by molar-refractivity contribution is 0.392. The molecule has 0 saturated carbocycles. The summed E-state index contributed by atoms with van der Waals surface area (Å²) in [6.45, 7) is 8.69. The Balaban J connectivity index is 1.79. The first-order valence-corrected chi connectivity index (χ1v) is 7.97. The molecule has 0 bridgehead atoms. The number of pyridine rings is 1. The van der Waals surface area contributed by atoms with Gasteiger partial charge in [-0.25, -0.2) is 9.97 Å². The maximum absolute atomic E-state index is 5.21. The summed E-state index contributed by atoms with van der Waals surface area (Å²) in [6.07, 6.45) is 4.36. The second-order valence-electron chi connectivity index (χ2n) is 5.83. The third-order valence-corrected chi connectivity index (χ3v) is 4.16. The molecule has 0 aliphatic carbocycles. The van der Waals surface area contributed by atoms with Crippen LogP contribution in [0.5, 0.6) is 0 Å². The monoisotopic (exact) mass is 323 g/mol. The fourth-order valence-electron chi connectivity index (χ4n) is 2.59. The zero-order valence-electron chi connectivity index (χ0n) is 14.4. The average molecular weight is 323 g/mol. The van der Waals surface area contributed by atoms with Crippen LogP contribution in [0.3, 0.4) is 0 Å². The van der Waals surface area contributed by atoms with Crippen LogP contribution < -0.4 is 5.32 Å². The third kappa shape index (κ3) is 3.27. The van der Waals surface area contributed by atoms with E-state index in [1.165, 1.54) is 0 Å². The summed E-state index contributed by atoms with van der Waals surface area (Å²) in [4.78, 5) is 13.4. The predicted molar refractivity (Wildman–Crippen MR) is 92.9 cm³/mol. The molecule has 6 heteroatoms. The molecule has 0 atom stereocenters. The zero-order chi connectivity index (χ0) is 17.1. The fraction of sp³-hybridized carbons (Fsp3) is 0.333. The van der Waals surface area contributed by atoms with Gasteiger partial charge in [0.05, 0.1) is 5.69 Å². The Morgan fingerprint density at radius 1 is 1.08 bits per heavy atom. The average Bonchev–Trinajstić information content (AvgIpc) is 2.91. The molecule has 0 radical (unpaired) electrons. The number of rotatable bonds is 5. The van der Waals surface area contributed by atoms with E-state index in [1.54, 1.807) is 12.4 Å². The van der Waals surface area contributed by atoms with E-state index in [-0.39, 0.29) is 0 Å². The van der Waals surface area contributed by atoms with Crippen LogP contribution in [0.25, 0.3) is 11.4 Å². The Morgan fingerprint density at radius 3 is 2.58 bits per heavy atom. The van der Waals surface area contributed by atoms with E-state index in [0.29, 0.717) is 5.82 Å². The van der Waals surface area contributed by atoms with E-state index in [2.05, 4.69) is 25.4 Å². The van der Waals surface area contributed by atoms with Crippen molar-refractivity contribution in [3.63, 3.8) is 0 Å². The molecule has 0 spiro atoms. The highest BCUT2D eigenvalue weighted by atomic mass is 16.5. The van der Waals surface area contributed by atoms with Gasteiger partial charge in [0.15, 0.2) is 5.82 Å². The highest BCUT2D eigenvalue weighted by Crippen LogP contribution is 2.21. The minimum atomic E-state index is 0.686. The van der Waals surface area contributed by atoms with Crippen LogP contribution in [0, 0.1) is 27.7 Å². The SMILES string of the molecule is Cc1nc(-c2cccnc2)nc(NCCc2c(C)noc2C)c1C. The Kier molecular flexibility index (Phi) is 4.55. The van der Waals surface area contributed by atoms with Crippen LogP contribution in [0.15, 0.2) is 29.0 Å². The highest BCUT2D eigenvalue weighted by molar-refractivity contribution is 5.58. The molecule has 3 rings (SSSR count). The van der Waals surface area contributed by atoms with E-state index in [1.807, 2.05) is 39.8 Å². The zero-order valence-corrected chi connectivity index (χ0v) is 14.4. The van der Waals surface area contributed by atoms with Gasteiger partial charge in [0, 0.05) is 41.3 Å². The summed E-state index contributed by atoms with van der Waals surface area (Å²) in [5.41, 5.74) is 5.03. The first-order chi connectivity index (χ1) is 11.6. The van der Waals surface area contributed by atoms with Crippen molar-refractivity contribution >= 4 is 5.82 Å². The minimum Gasteiger partial charge on any atom is -0.369 e. The van der Waals surface area contributed by atoms with Crippen molar-refractivity contribution in [1.82, 2.24) is 20.1 Å². The van der Waals surface area contributed by atoms with Crippen LogP contribution >= 0.6 is 0 Å². The Labute approximate surface area is 141 Å². The molecule has 0 aliphatic heterocycles. The van der Waals surface area contributed by atoms with Crippen LogP contribution in [0.1, 0.15) is 28.3 Å². The Bertz CT molecular complexity index is 823. The fourth-order valence-corrected chi connectivity index (χ4v) is 2.59. The second-order valence-corrected chi connectivity index (χ2v) is 5.83. The van der Waals surface area contributed by atoms with Crippen molar-refractivity contribution < 1.29 is 4.52 Å². The predicted octanol–water partition coefficient (Wildman–Crippen LogP) is 3.41. The van der Waals surface area contributed by atoms with Crippen molar-refractivity contribution in [2.45, 2.75) is 34.1 Å². The largest absolute Gasteiger partial charge is 0.369 e. The van der Waals surface area contributed by atoms with E-state index in [0.717, 1.165) is 52.6 Å². The molecular formula is C18H21N5O. The van der Waals surface area contributed by atoms with E-state index in [9.17, 15) is 0 Å². The van der Waals surface area contributed by atoms with Gasteiger partial charge in [-0.3, -0.25) is 4.98 Å².